The minimum Gasteiger partial charge on any atom is -0.258 e. The van der Waals surface area contributed by atoms with Gasteiger partial charge in [0, 0.05) is 11.0 Å². The lowest BCUT2D eigenvalue weighted by Gasteiger charge is -2.04. The summed E-state index contributed by atoms with van der Waals surface area (Å²) < 4.78 is 0. The fourth-order valence-electron chi connectivity index (χ4n) is 1.03. The fraction of sp³-hybridized carbons (Fsp3) is 0.250. The van der Waals surface area contributed by atoms with E-state index in [9.17, 15) is 10.1 Å². The highest BCUT2D eigenvalue weighted by atomic mass is 35.5. The van der Waals surface area contributed by atoms with Gasteiger partial charge >= 0.3 is 0 Å². The Morgan fingerprint density at radius 1 is 1.54 bits per heavy atom. The van der Waals surface area contributed by atoms with E-state index < -0.39 is 4.92 Å². The van der Waals surface area contributed by atoms with Gasteiger partial charge in [0.05, 0.1) is 4.92 Å². The van der Waals surface area contributed by atoms with Crippen LogP contribution in [0.5, 0.6) is 0 Å². The minimum absolute atomic E-state index is 0.0309. The van der Waals surface area contributed by atoms with Crippen LogP contribution in [0.25, 0.3) is 0 Å². The second-order valence-electron chi connectivity index (χ2n) is 2.51. The molecule has 0 aliphatic heterocycles. The first-order chi connectivity index (χ1) is 6.07. The standard InChI is InChI=1S/C8H8ClNO2S/c1-5-3-4-6(10(11)12)7(9)8(5)13-2/h3-4H,1-2H3. The van der Waals surface area contributed by atoms with Crippen LogP contribution in [0.1, 0.15) is 5.56 Å². The summed E-state index contributed by atoms with van der Waals surface area (Å²) in [6.45, 7) is 1.88. The highest BCUT2D eigenvalue weighted by Gasteiger charge is 2.16. The van der Waals surface area contributed by atoms with E-state index in [2.05, 4.69) is 0 Å². The molecule has 0 aliphatic carbocycles. The lowest BCUT2D eigenvalue weighted by Crippen LogP contribution is -1.91. The Labute approximate surface area is 85.2 Å². The van der Waals surface area contributed by atoms with Crippen LogP contribution in [0.3, 0.4) is 0 Å². The van der Waals surface area contributed by atoms with Crippen LogP contribution in [0.2, 0.25) is 5.02 Å². The number of aryl methyl sites for hydroxylation is 1. The van der Waals surface area contributed by atoms with Crippen molar-refractivity contribution < 1.29 is 4.92 Å². The van der Waals surface area contributed by atoms with E-state index in [4.69, 9.17) is 11.6 Å². The molecule has 0 aliphatic rings. The molecule has 0 atom stereocenters. The molecule has 1 aromatic carbocycles. The van der Waals surface area contributed by atoms with Crippen molar-refractivity contribution in [1.29, 1.82) is 0 Å². The van der Waals surface area contributed by atoms with Crippen LogP contribution < -0.4 is 0 Å². The Morgan fingerprint density at radius 3 is 2.62 bits per heavy atom. The van der Waals surface area contributed by atoms with Gasteiger partial charge in [0.1, 0.15) is 5.02 Å². The highest BCUT2D eigenvalue weighted by Crippen LogP contribution is 2.35. The lowest BCUT2D eigenvalue weighted by molar-refractivity contribution is -0.384. The molecule has 0 spiro atoms. The average Bonchev–Trinajstić information content (AvgIpc) is 2.04. The maximum atomic E-state index is 10.5. The summed E-state index contributed by atoms with van der Waals surface area (Å²) in [4.78, 5) is 10.8. The van der Waals surface area contributed by atoms with Gasteiger partial charge in [-0.3, -0.25) is 10.1 Å². The first kappa shape index (κ1) is 10.3. The van der Waals surface area contributed by atoms with Crippen LogP contribution in [-0.2, 0) is 0 Å². The summed E-state index contributed by atoms with van der Waals surface area (Å²) in [6.07, 6.45) is 1.85. The Kier molecular flexibility index (Phi) is 3.17. The molecular weight excluding hydrogens is 210 g/mol. The van der Waals surface area contributed by atoms with Crippen molar-refractivity contribution in [3.63, 3.8) is 0 Å². The largest absolute Gasteiger partial charge is 0.289 e. The van der Waals surface area contributed by atoms with Gasteiger partial charge in [-0.15, -0.1) is 11.8 Å². The lowest BCUT2D eigenvalue weighted by atomic mass is 10.2. The van der Waals surface area contributed by atoms with E-state index in [1.165, 1.54) is 17.8 Å². The molecule has 0 aromatic heterocycles. The fourth-order valence-corrected chi connectivity index (χ4v) is 2.22. The third kappa shape index (κ3) is 1.95. The van der Waals surface area contributed by atoms with E-state index in [1.54, 1.807) is 6.07 Å². The number of hydrogen-bond donors (Lipinski definition) is 0. The molecule has 0 fully saturated rings. The molecule has 5 heteroatoms. The summed E-state index contributed by atoms with van der Waals surface area (Å²) in [7, 11) is 0. The SMILES string of the molecule is CSc1c(C)ccc([N+](=O)[O-])c1Cl. The monoisotopic (exact) mass is 217 g/mol. The van der Waals surface area contributed by atoms with Gasteiger partial charge in [0.15, 0.2) is 0 Å². The molecule has 0 saturated heterocycles. The molecule has 13 heavy (non-hydrogen) atoms. The number of halogens is 1. The van der Waals surface area contributed by atoms with Crippen molar-refractivity contribution in [3.8, 4) is 0 Å². The zero-order valence-electron chi connectivity index (χ0n) is 7.20. The third-order valence-electron chi connectivity index (χ3n) is 1.67. The molecule has 0 radical (unpaired) electrons. The van der Waals surface area contributed by atoms with Crippen molar-refractivity contribution in [3.05, 3.63) is 32.8 Å². The van der Waals surface area contributed by atoms with E-state index >= 15 is 0 Å². The number of hydrogen-bond acceptors (Lipinski definition) is 3. The van der Waals surface area contributed by atoms with E-state index in [1.807, 2.05) is 13.2 Å². The third-order valence-corrected chi connectivity index (χ3v) is 3.10. The van der Waals surface area contributed by atoms with Crippen molar-refractivity contribution in [1.82, 2.24) is 0 Å². The van der Waals surface area contributed by atoms with Crippen LogP contribution in [0, 0.1) is 17.0 Å². The number of nitrogens with zero attached hydrogens (tertiary/aromatic N) is 1. The maximum Gasteiger partial charge on any atom is 0.289 e. The predicted molar refractivity (Wildman–Crippen MR) is 54.6 cm³/mol. The Hall–Kier alpha value is -0.740. The van der Waals surface area contributed by atoms with E-state index in [0.29, 0.717) is 0 Å². The Balaban J connectivity index is 3.35. The number of rotatable bonds is 2. The molecule has 0 N–H and O–H groups in total. The molecule has 70 valence electrons. The second kappa shape index (κ2) is 3.98. The quantitative estimate of drug-likeness (QED) is 0.434. The van der Waals surface area contributed by atoms with Crippen LogP contribution in [-0.4, -0.2) is 11.2 Å². The molecule has 0 heterocycles. The molecule has 0 unspecified atom stereocenters. The van der Waals surface area contributed by atoms with Crippen molar-refractivity contribution in [2.45, 2.75) is 11.8 Å². The molecule has 1 aromatic rings. The highest BCUT2D eigenvalue weighted by molar-refractivity contribution is 7.98. The van der Waals surface area contributed by atoms with Crippen LogP contribution in [0.15, 0.2) is 17.0 Å². The molecule has 3 nitrogen and oxygen atoms in total. The molecule has 1 rings (SSSR count). The van der Waals surface area contributed by atoms with Gasteiger partial charge in [-0.05, 0) is 18.7 Å². The van der Waals surface area contributed by atoms with Gasteiger partial charge in [0.25, 0.3) is 5.69 Å². The molecule has 0 bridgehead atoms. The zero-order valence-corrected chi connectivity index (χ0v) is 8.78. The van der Waals surface area contributed by atoms with Crippen molar-refractivity contribution in [2.75, 3.05) is 6.26 Å². The predicted octanol–water partition coefficient (Wildman–Crippen LogP) is 3.28. The molecule has 0 amide bonds. The van der Waals surface area contributed by atoms with E-state index in [0.717, 1.165) is 10.5 Å². The van der Waals surface area contributed by atoms with Crippen LogP contribution >= 0.6 is 23.4 Å². The van der Waals surface area contributed by atoms with Crippen molar-refractivity contribution >= 4 is 29.1 Å². The molecular formula is C8H8ClNO2S. The summed E-state index contributed by atoms with van der Waals surface area (Å²) in [5.74, 6) is 0. The zero-order chi connectivity index (χ0) is 10.0. The Bertz CT molecular complexity index is 354. The minimum atomic E-state index is -0.471. The van der Waals surface area contributed by atoms with Gasteiger partial charge in [0.2, 0.25) is 0 Å². The summed E-state index contributed by atoms with van der Waals surface area (Å²) in [5, 5.41) is 10.7. The topological polar surface area (TPSA) is 43.1 Å². The Morgan fingerprint density at radius 2 is 2.15 bits per heavy atom. The summed E-state index contributed by atoms with van der Waals surface area (Å²) in [6, 6.07) is 3.13. The number of thioether (sulfide) groups is 1. The number of nitro groups is 1. The van der Waals surface area contributed by atoms with Crippen molar-refractivity contribution in [2.24, 2.45) is 0 Å². The van der Waals surface area contributed by atoms with Crippen LogP contribution in [0.4, 0.5) is 5.69 Å². The first-order valence-electron chi connectivity index (χ1n) is 3.55. The number of benzene rings is 1. The summed E-state index contributed by atoms with van der Waals surface area (Å²) >= 11 is 7.26. The maximum absolute atomic E-state index is 10.5. The smallest absolute Gasteiger partial charge is 0.258 e. The van der Waals surface area contributed by atoms with Gasteiger partial charge in [-0.25, -0.2) is 0 Å². The normalized spacial score (nSPS) is 10.1. The van der Waals surface area contributed by atoms with Gasteiger partial charge in [-0.1, -0.05) is 17.7 Å². The van der Waals surface area contributed by atoms with Gasteiger partial charge in [-0.2, -0.15) is 0 Å². The first-order valence-corrected chi connectivity index (χ1v) is 5.15. The number of nitro benzene ring substituents is 1. The van der Waals surface area contributed by atoms with Gasteiger partial charge < -0.3 is 0 Å². The second-order valence-corrected chi connectivity index (χ2v) is 3.70. The van der Waals surface area contributed by atoms with E-state index in [-0.39, 0.29) is 10.7 Å². The average molecular weight is 218 g/mol. The molecule has 0 saturated carbocycles. The summed E-state index contributed by atoms with van der Waals surface area (Å²) in [5.41, 5.74) is 0.930.